The average molecular weight is 250 g/mol. The molecule has 1 aliphatic rings. The van der Waals surface area contributed by atoms with E-state index in [4.69, 9.17) is 5.73 Å². The zero-order valence-corrected chi connectivity index (χ0v) is 10.3. The molecule has 18 heavy (non-hydrogen) atoms. The fourth-order valence-corrected chi connectivity index (χ4v) is 2.47. The van der Waals surface area contributed by atoms with Crippen molar-refractivity contribution in [3.63, 3.8) is 0 Å². The lowest BCUT2D eigenvalue weighted by molar-refractivity contribution is 0.0697. The van der Waals surface area contributed by atoms with Crippen LogP contribution in [0, 0.1) is 5.92 Å². The molecule has 4 N–H and O–H groups in total. The number of aliphatic hydroxyl groups excluding tert-OH is 1. The first kappa shape index (κ1) is 12.7. The molecule has 2 atom stereocenters. The van der Waals surface area contributed by atoms with Crippen LogP contribution >= 0.6 is 0 Å². The molecular formula is C13H18N2O3. The fraction of sp³-hybridized carbons (Fsp3) is 0.462. The van der Waals surface area contributed by atoms with Crippen LogP contribution in [0.2, 0.25) is 0 Å². The first-order valence-electron chi connectivity index (χ1n) is 6.05. The number of hydrogen-bond donors (Lipinski definition) is 3. The number of nitrogens with zero attached hydrogens (tertiary/aromatic N) is 1. The smallest absolute Gasteiger partial charge is 0.337 e. The predicted molar refractivity (Wildman–Crippen MR) is 69.8 cm³/mol. The number of rotatable bonds is 3. The van der Waals surface area contributed by atoms with E-state index in [2.05, 4.69) is 0 Å². The summed E-state index contributed by atoms with van der Waals surface area (Å²) < 4.78 is 0. The maximum atomic E-state index is 11.2. The number of para-hydroxylation sites is 1. The Morgan fingerprint density at radius 2 is 2.28 bits per heavy atom. The normalized spacial score (nSPS) is 21.0. The molecule has 5 heteroatoms. The van der Waals surface area contributed by atoms with Gasteiger partial charge >= 0.3 is 5.97 Å². The Kier molecular flexibility index (Phi) is 3.43. The molecule has 2 rings (SSSR count). The summed E-state index contributed by atoms with van der Waals surface area (Å²) in [5.41, 5.74) is 7.17. The zero-order chi connectivity index (χ0) is 13.3. The number of hydrogen-bond acceptors (Lipinski definition) is 4. The second-order valence-electron chi connectivity index (χ2n) is 4.78. The lowest BCUT2D eigenvalue weighted by Gasteiger charge is -2.23. The maximum absolute atomic E-state index is 11.2. The largest absolute Gasteiger partial charge is 0.478 e. The minimum atomic E-state index is -0.974. The number of carbonyl (C=O) groups is 1. The Hall–Kier alpha value is -1.75. The van der Waals surface area contributed by atoms with Crippen molar-refractivity contribution < 1.29 is 15.0 Å². The van der Waals surface area contributed by atoms with Crippen LogP contribution in [0.1, 0.15) is 23.7 Å². The second kappa shape index (κ2) is 4.86. The molecule has 0 saturated carbocycles. The van der Waals surface area contributed by atoms with Crippen molar-refractivity contribution >= 4 is 17.3 Å². The molecule has 1 aromatic rings. The molecule has 1 fully saturated rings. The topological polar surface area (TPSA) is 86.8 Å². The second-order valence-corrected chi connectivity index (χ2v) is 4.78. The molecule has 2 unspecified atom stereocenters. The predicted octanol–water partition coefficient (Wildman–Crippen LogP) is 1.17. The molecule has 0 radical (unpaired) electrons. The minimum Gasteiger partial charge on any atom is -0.478 e. The molecular weight excluding hydrogens is 232 g/mol. The number of anilines is 2. The molecule has 98 valence electrons. The summed E-state index contributed by atoms with van der Waals surface area (Å²) in [6.45, 7) is 3.14. The molecule has 5 nitrogen and oxygen atoms in total. The van der Waals surface area contributed by atoms with Crippen molar-refractivity contribution in [2.45, 2.75) is 19.4 Å². The van der Waals surface area contributed by atoms with Crippen LogP contribution in [-0.4, -0.2) is 35.4 Å². The van der Waals surface area contributed by atoms with E-state index >= 15 is 0 Å². The van der Waals surface area contributed by atoms with Crippen LogP contribution in [0.3, 0.4) is 0 Å². The van der Waals surface area contributed by atoms with Gasteiger partial charge in [0, 0.05) is 19.0 Å². The van der Waals surface area contributed by atoms with Crippen molar-refractivity contribution in [1.82, 2.24) is 0 Å². The van der Waals surface area contributed by atoms with E-state index in [1.165, 1.54) is 0 Å². The van der Waals surface area contributed by atoms with Gasteiger partial charge in [-0.1, -0.05) is 6.07 Å². The number of benzene rings is 1. The number of carboxylic acids is 1. The third-order valence-electron chi connectivity index (χ3n) is 3.52. The van der Waals surface area contributed by atoms with Crippen molar-refractivity contribution in [2.24, 2.45) is 5.92 Å². The summed E-state index contributed by atoms with van der Waals surface area (Å²) in [4.78, 5) is 13.2. The van der Waals surface area contributed by atoms with Gasteiger partial charge in [-0.25, -0.2) is 4.79 Å². The lowest BCUT2D eigenvalue weighted by atomic mass is 10.0. The highest BCUT2D eigenvalue weighted by atomic mass is 16.4. The van der Waals surface area contributed by atoms with Crippen LogP contribution in [0.15, 0.2) is 18.2 Å². The molecule has 0 spiro atoms. The van der Waals surface area contributed by atoms with Gasteiger partial charge in [0.15, 0.2) is 0 Å². The van der Waals surface area contributed by atoms with Gasteiger partial charge in [0.25, 0.3) is 0 Å². The number of aromatic carboxylic acids is 1. The number of aliphatic hydroxyl groups is 1. The Morgan fingerprint density at radius 1 is 1.56 bits per heavy atom. The zero-order valence-electron chi connectivity index (χ0n) is 10.3. The molecule has 1 heterocycles. The molecule has 0 aliphatic carbocycles. The standard InChI is InChI=1S/C13H18N2O3/c1-8(16)9-5-6-15(7-9)12-10(13(17)18)3-2-4-11(12)14/h2-4,8-9,16H,5-7,14H2,1H3,(H,17,18). The summed E-state index contributed by atoms with van der Waals surface area (Å²) in [7, 11) is 0. The van der Waals surface area contributed by atoms with Gasteiger partial charge in [0.1, 0.15) is 0 Å². The van der Waals surface area contributed by atoms with Crippen LogP contribution in [0.25, 0.3) is 0 Å². The van der Waals surface area contributed by atoms with Gasteiger partial charge in [0.2, 0.25) is 0 Å². The van der Waals surface area contributed by atoms with Gasteiger partial charge in [0.05, 0.1) is 23.0 Å². The summed E-state index contributed by atoms with van der Waals surface area (Å²) in [6, 6.07) is 4.91. The summed E-state index contributed by atoms with van der Waals surface area (Å²) in [6.07, 6.45) is 0.471. The van der Waals surface area contributed by atoms with Crippen molar-refractivity contribution in [1.29, 1.82) is 0 Å². The van der Waals surface area contributed by atoms with E-state index in [1.807, 2.05) is 4.90 Å². The van der Waals surface area contributed by atoms with Crippen LogP contribution in [-0.2, 0) is 0 Å². The highest BCUT2D eigenvalue weighted by Crippen LogP contribution is 2.33. The Balaban J connectivity index is 2.32. The SMILES string of the molecule is CC(O)C1CCN(c2c(N)cccc2C(=O)O)C1. The average Bonchev–Trinajstić information content (AvgIpc) is 2.77. The van der Waals surface area contributed by atoms with Gasteiger partial charge in [-0.2, -0.15) is 0 Å². The van der Waals surface area contributed by atoms with E-state index in [1.54, 1.807) is 25.1 Å². The van der Waals surface area contributed by atoms with Gasteiger partial charge < -0.3 is 20.8 Å². The quantitative estimate of drug-likeness (QED) is 0.701. The minimum absolute atomic E-state index is 0.172. The Labute approximate surface area is 106 Å². The van der Waals surface area contributed by atoms with Gasteiger partial charge in [-0.15, -0.1) is 0 Å². The van der Waals surface area contributed by atoms with Crippen LogP contribution < -0.4 is 10.6 Å². The molecule has 1 saturated heterocycles. The van der Waals surface area contributed by atoms with E-state index in [0.29, 0.717) is 17.9 Å². The van der Waals surface area contributed by atoms with Crippen LogP contribution in [0.4, 0.5) is 11.4 Å². The first-order valence-corrected chi connectivity index (χ1v) is 6.05. The van der Waals surface area contributed by atoms with E-state index in [9.17, 15) is 15.0 Å². The van der Waals surface area contributed by atoms with Gasteiger partial charge in [-0.05, 0) is 25.5 Å². The first-order chi connectivity index (χ1) is 8.50. The van der Waals surface area contributed by atoms with E-state index < -0.39 is 5.97 Å². The number of carboxylic acid groups (broad SMARTS) is 1. The van der Waals surface area contributed by atoms with Gasteiger partial charge in [-0.3, -0.25) is 0 Å². The fourth-order valence-electron chi connectivity index (χ4n) is 2.47. The van der Waals surface area contributed by atoms with Crippen molar-refractivity contribution in [3.05, 3.63) is 23.8 Å². The van der Waals surface area contributed by atoms with E-state index in [-0.39, 0.29) is 17.6 Å². The molecule has 1 aliphatic heterocycles. The lowest BCUT2D eigenvalue weighted by Crippen LogP contribution is -2.26. The number of nitrogens with two attached hydrogens (primary N) is 1. The maximum Gasteiger partial charge on any atom is 0.337 e. The molecule has 0 aromatic heterocycles. The van der Waals surface area contributed by atoms with Crippen molar-refractivity contribution in [2.75, 3.05) is 23.7 Å². The molecule has 0 amide bonds. The third-order valence-corrected chi connectivity index (χ3v) is 3.52. The third kappa shape index (κ3) is 2.26. The summed E-state index contributed by atoms with van der Waals surface area (Å²) in [5.74, 6) is -0.802. The molecule has 0 bridgehead atoms. The molecule has 1 aromatic carbocycles. The summed E-state index contributed by atoms with van der Waals surface area (Å²) >= 11 is 0. The van der Waals surface area contributed by atoms with E-state index in [0.717, 1.165) is 13.0 Å². The highest BCUT2D eigenvalue weighted by Gasteiger charge is 2.29. The monoisotopic (exact) mass is 250 g/mol. The summed E-state index contributed by atoms with van der Waals surface area (Å²) in [5, 5.41) is 18.8. The van der Waals surface area contributed by atoms with Crippen molar-refractivity contribution in [3.8, 4) is 0 Å². The van der Waals surface area contributed by atoms with Crippen LogP contribution in [0.5, 0.6) is 0 Å². The number of nitrogen functional groups attached to an aromatic ring is 1. The Bertz CT molecular complexity index is 460. The highest BCUT2D eigenvalue weighted by molar-refractivity contribution is 5.98. The Morgan fingerprint density at radius 3 is 2.83 bits per heavy atom.